The molecule has 0 spiro atoms. The number of methoxy groups -OCH3 is 1. The highest BCUT2D eigenvalue weighted by atomic mass is 35.5. The highest BCUT2D eigenvalue weighted by Crippen LogP contribution is 2.26. The van der Waals surface area contributed by atoms with Gasteiger partial charge in [-0.1, -0.05) is 6.07 Å². The molecule has 0 amide bonds. The van der Waals surface area contributed by atoms with Crippen molar-refractivity contribution in [1.82, 2.24) is 24.6 Å². The molecule has 3 aromatic rings. The van der Waals surface area contributed by atoms with Gasteiger partial charge in [0.2, 0.25) is 5.95 Å². The van der Waals surface area contributed by atoms with Gasteiger partial charge in [-0.05, 0) is 25.1 Å². The van der Waals surface area contributed by atoms with Gasteiger partial charge < -0.3 is 20.1 Å². The first-order valence-corrected chi connectivity index (χ1v) is 9.88. The topological polar surface area (TPSA) is 89.4 Å². The number of halogens is 1. The average molecular weight is 434 g/mol. The lowest BCUT2D eigenvalue weighted by Gasteiger charge is -2.26. The second-order valence-electron chi connectivity index (χ2n) is 6.99. The lowest BCUT2D eigenvalue weighted by atomic mass is 10.3. The quantitative estimate of drug-likeness (QED) is 0.524. The van der Waals surface area contributed by atoms with Gasteiger partial charge in [-0.15, -0.1) is 12.4 Å². The van der Waals surface area contributed by atoms with Crippen LogP contribution in [0.2, 0.25) is 0 Å². The maximum absolute atomic E-state index is 5.40. The van der Waals surface area contributed by atoms with Gasteiger partial charge in [0.1, 0.15) is 11.6 Å². The molecule has 0 bridgehead atoms. The van der Waals surface area contributed by atoms with Crippen LogP contribution < -0.4 is 15.4 Å². The van der Waals surface area contributed by atoms with Crippen LogP contribution in [0.3, 0.4) is 0 Å². The van der Waals surface area contributed by atoms with E-state index in [4.69, 9.17) is 9.47 Å². The number of hydrogen-bond donors (Lipinski definition) is 2. The first kappa shape index (κ1) is 22.1. The fraction of sp³-hybridized carbons (Fsp3) is 0.450. The van der Waals surface area contributed by atoms with Gasteiger partial charge in [0, 0.05) is 38.4 Å². The number of hydrogen-bond acceptors (Lipinski definition) is 8. The van der Waals surface area contributed by atoms with E-state index in [1.165, 1.54) is 0 Å². The van der Waals surface area contributed by atoms with Crippen LogP contribution in [-0.2, 0) is 11.8 Å². The van der Waals surface area contributed by atoms with E-state index >= 15 is 0 Å². The lowest BCUT2D eigenvalue weighted by Crippen LogP contribution is -2.37. The molecule has 0 saturated carbocycles. The van der Waals surface area contributed by atoms with Crippen LogP contribution in [0.1, 0.15) is 6.42 Å². The summed E-state index contributed by atoms with van der Waals surface area (Å²) in [5.41, 5.74) is 1.67. The Balaban J connectivity index is 0.00000256. The average Bonchev–Trinajstić information content (AvgIpc) is 3.13. The third-order valence-electron chi connectivity index (χ3n) is 4.96. The monoisotopic (exact) mass is 433 g/mol. The summed E-state index contributed by atoms with van der Waals surface area (Å²) in [6.07, 6.45) is 2.80. The Kier molecular flexibility index (Phi) is 7.67. The van der Waals surface area contributed by atoms with Crippen molar-refractivity contribution in [3.63, 3.8) is 0 Å². The van der Waals surface area contributed by atoms with Crippen LogP contribution >= 0.6 is 12.4 Å². The minimum Gasteiger partial charge on any atom is -0.497 e. The first-order valence-electron chi connectivity index (χ1n) is 9.88. The second-order valence-corrected chi connectivity index (χ2v) is 6.99. The summed E-state index contributed by atoms with van der Waals surface area (Å²) in [7, 11) is 3.54. The number of fused-ring (bicyclic) bond motifs is 1. The van der Waals surface area contributed by atoms with Gasteiger partial charge in [-0.2, -0.15) is 15.1 Å². The third kappa shape index (κ3) is 5.29. The number of aryl methyl sites for hydroxylation is 1. The molecule has 0 radical (unpaired) electrons. The summed E-state index contributed by atoms with van der Waals surface area (Å²) in [6.45, 7) is 5.51. The fourth-order valence-electron chi connectivity index (χ4n) is 3.36. The summed E-state index contributed by atoms with van der Waals surface area (Å²) in [6, 6.07) is 7.75. The largest absolute Gasteiger partial charge is 0.497 e. The zero-order valence-electron chi connectivity index (χ0n) is 17.3. The van der Waals surface area contributed by atoms with Gasteiger partial charge in [-0.25, -0.2) is 0 Å². The number of nitrogens with zero attached hydrogens (tertiary/aromatic N) is 5. The molecule has 2 N–H and O–H groups in total. The zero-order chi connectivity index (χ0) is 20.1. The second kappa shape index (κ2) is 10.4. The Hall–Kier alpha value is -2.62. The van der Waals surface area contributed by atoms with Crippen molar-refractivity contribution < 1.29 is 9.47 Å². The number of anilines is 3. The van der Waals surface area contributed by atoms with E-state index in [2.05, 4.69) is 30.6 Å². The number of morpholine rings is 1. The first-order chi connectivity index (χ1) is 14.2. The molecule has 1 aromatic carbocycles. The molecule has 2 aromatic heterocycles. The molecule has 1 aliphatic heterocycles. The van der Waals surface area contributed by atoms with Gasteiger partial charge in [-0.3, -0.25) is 9.58 Å². The van der Waals surface area contributed by atoms with Crippen LogP contribution in [0, 0.1) is 0 Å². The third-order valence-corrected chi connectivity index (χ3v) is 4.96. The Bertz CT molecular complexity index is 959. The van der Waals surface area contributed by atoms with Crippen molar-refractivity contribution >= 4 is 40.9 Å². The summed E-state index contributed by atoms with van der Waals surface area (Å²) in [5, 5.41) is 11.9. The standard InChI is InChI=1S/C20H27N7O2.ClH/c1-26-19-17(14-22-26)18(23-15-5-3-6-16(13-15)28-2)24-20(25-19)21-7-4-8-27-9-11-29-12-10-27;/h3,5-6,13-14H,4,7-12H2,1-2H3,(H2,21,23,24,25);1H. The summed E-state index contributed by atoms with van der Waals surface area (Å²) in [4.78, 5) is 11.7. The molecule has 0 unspecified atom stereocenters. The molecule has 0 atom stereocenters. The Morgan fingerprint density at radius 3 is 2.83 bits per heavy atom. The van der Waals surface area contributed by atoms with Crippen LogP contribution in [0.15, 0.2) is 30.5 Å². The van der Waals surface area contributed by atoms with E-state index in [-0.39, 0.29) is 12.4 Å². The van der Waals surface area contributed by atoms with Crippen LogP contribution in [0.5, 0.6) is 5.75 Å². The number of aromatic nitrogens is 4. The molecule has 10 heteroatoms. The molecule has 30 heavy (non-hydrogen) atoms. The maximum atomic E-state index is 5.40. The van der Waals surface area contributed by atoms with Crippen molar-refractivity contribution in [2.45, 2.75) is 6.42 Å². The molecule has 1 fully saturated rings. The summed E-state index contributed by atoms with van der Waals surface area (Å²) < 4.78 is 12.5. The molecule has 1 aliphatic rings. The van der Waals surface area contributed by atoms with Gasteiger partial charge in [0.25, 0.3) is 0 Å². The van der Waals surface area contributed by atoms with Crippen LogP contribution in [0.25, 0.3) is 11.0 Å². The normalized spacial score (nSPS) is 14.3. The van der Waals surface area contributed by atoms with E-state index in [1.807, 2.05) is 31.3 Å². The van der Waals surface area contributed by atoms with E-state index in [1.54, 1.807) is 18.0 Å². The van der Waals surface area contributed by atoms with Crippen molar-refractivity contribution in [3.05, 3.63) is 30.5 Å². The van der Waals surface area contributed by atoms with Crippen LogP contribution in [-0.4, -0.2) is 71.2 Å². The maximum Gasteiger partial charge on any atom is 0.226 e. The fourth-order valence-corrected chi connectivity index (χ4v) is 3.36. The van der Waals surface area contributed by atoms with E-state index < -0.39 is 0 Å². The number of nitrogens with one attached hydrogen (secondary N) is 2. The van der Waals surface area contributed by atoms with Gasteiger partial charge >= 0.3 is 0 Å². The predicted molar refractivity (Wildman–Crippen MR) is 120 cm³/mol. The summed E-state index contributed by atoms with van der Waals surface area (Å²) in [5.74, 6) is 2.09. The molecule has 4 rings (SSSR count). The molecule has 1 saturated heterocycles. The minimum absolute atomic E-state index is 0. The van der Waals surface area contributed by atoms with Crippen LogP contribution in [0.4, 0.5) is 17.5 Å². The predicted octanol–water partition coefficient (Wildman–Crippen LogP) is 2.67. The van der Waals surface area contributed by atoms with Crippen molar-refractivity contribution in [1.29, 1.82) is 0 Å². The minimum atomic E-state index is 0. The molecule has 9 nitrogen and oxygen atoms in total. The van der Waals surface area contributed by atoms with E-state index in [0.29, 0.717) is 11.8 Å². The molecule has 0 aliphatic carbocycles. The highest BCUT2D eigenvalue weighted by molar-refractivity contribution is 5.89. The Labute approximate surface area is 182 Å². The lowest BCUT2D eigenvalue weighted by molar-refractivity contribution is 0.0378. The molecule has 162 valence electrons. The van der Waals surface area contributed by atoms with Crippen molar-refractivity contribution in [2.75, 3.05) is 57.1 Å². The Morgan fingerprint density at radius 2 is 2.03 bits per heavy atom. The van der Waals surface area contributed by atoms with E-state index in [0.717, 1.165) is 68.3 Å². The molecular formula is C20H28ClN7O2. The van der Waals surface area contributed by atoms with Crippen molar-refractivity contribution in [2.24, 2.45) is 7.05 Å². The number of benzene rings is 1. The van der Waals surface area contributed by atoms with Gasteiger partial charge in [0.05, 0.1) is 31.9 Å². The van der Waals surface area contributed by atoms with Crippen molar-refractivity contribution in [3.8, 4) is 5.75 Å². The Morgan fingerprint density at radius 1 is 1.20 bits per heavy atom. The highest BCUT2D eigenvalue weighted by Gasteiger charge is 2.13. The molecular weight excluding hydrogens is 406 g/mol. The van der Waals surface area contributed by atoms with E-state index in [9.17, 15) is 0 Å². The SMILES string of the molecule is COc1cccc(Nc2nc(NCCCN3CCOCC3)nc3c2cnn3C)c1.Cl. The zero-order valence-corrected chi connectivity index (χ0v) is 18.1. The van der Waals surface area contributed by atoms with Gasteiger partial charge in [0.15, 0.2) is 5.65 Å². The number of rotatable bonds is 8. The summed E-state index contributed by atoms with van der Waals surface area (Å²) >= 11 is 0. The molecule has 3 heterocycles. The smallest absolute Gasteiger partial charge is 0.226 e. The number of ether oxygens (including phenoxy) is 2.